The molecule has 1 aromatic carbocycles. The van der Waals surface area contributed by atoms with Crippen LogP contribution in [0, 0.1) is 5.82 Å². The number of aromatic nitrogens is 2. The Labute approximate surface area is 156 Å². The maximum Gasteiger partial charge on any atom is 0.274 e. The Kier molecular flexibility index (Phi) is 4.43. The first-order chi connectivity index (χ1) is 13.0. The highest BCUT2D eigenvalue weighted by Crippen LogP contribution is 2.33. The maximum atomic E-state index is 13.6. The van der Waals surface area contributed by atoms with Crippen molar-refractivity contribution in [3.63, 3.8) is 0 Å². The van der Waals surface area contributed by atoms with Gasteiger partial charge in [0.25, 0.3) is 11.8 Å². The predicted octanol–water partition coefficient (Wildman–Crippen LogP) is 1.60. The van der Waals surface area contributed by atoms with Crippen LogP contribution in [0.15, 0.2) is 36.8 Å². The number of carbonyl (C=O) groups excluding carboxylic acids is 2. The minimum atomic E-state index is -0.513. The highest BCUT2D eigenvalue weighted by molar-refractivity contribution is 5.95. The predicted molar refractivity (Wildman–Crippen MR) is 95.8 cm³/mol. The van der Waals surface area contributed by atoms with E-state index in [4.69, 9.17) is 4.74 Å². The second-order valence-electron chi connectivity index (χ2n) is 7.15. The summed E-state index contributed by atoms with van der Waals surface area (Å²) < 4.78 is 21.2. The van der Waals surface area contributed by atoms with Gasteiger partial charge in [-0.2, -0.15) is 0 Å². The zero-order chi connectivity index (χ0) is 19.0. The van der Waals surface area contributed by atoms with Gasteiger partial charge in [0.2, 0.25) is 0 Å². The van der Waals surface area contributed by atoms with E-state index in [-0.39, 0.29) is 24.2 Å². The standard InChI is InChI=1S/C19H21FN4O3/c1-22-10-16(21-13-22)18(26)23-7-5-19(6-8-23)12-24(17(25)11-27-19)15-4-2-3-14(20)9-15/h2-4,9-10,13H,5-8,11-12H2,1H3. The number of piperidine rings is 1. The van der Waals surface area contributed by atoms with Crippen molar-refractivity contribution in [2.24, 2.45) is 7.05 Å². The van der Waals surface area contributed by atoms with E-state index in [1.807, 2.05) is 7.05 Å². The van der Waals surface area contributed by atoms with Gasteiger partial charge in [-0.1, -0.05) is 6.07 Å². The van der Waals surface area contributed by atoms with E-state index in [0.717, 1.165) is 0 Å². The molecule has 2 aliphatic rings. The van der Waals surface area contributed by atoms with Gasteiger partial charge in [0.15, 0.2) is 0 Å². The zero-order valence-corrected chi connectivity index (χ0v) is 15.1. The normalized spacial score (nSPS) is 19.6. The number of amides is 2. The van der Waals surface area contributed by atoms with Crippen molar-refractivity contribution in [1.29, 1.82) is 0 Å². The Morgan fingerprint density at radius 2 is 2.07 bits per heavy atom. The minimum Gasteiger partial charge on any atom is -0.363 e. The molecule has 2 aromatic rings. The lowest BCUT2D eigenvalue weighted by Crippen LogP contribution is -2.59. The van der Waals surface area contributed by atoms with E-state index in [1.54, 1.807) is 39.0 Å². The average Bonchev–Trinajstić information content (AvgIpc) is 3.10. The fourth-order valence-corrected chi connectivity index (χ4v) is 3.70. The van der Waals surface area contributed by atoms with Crippen molar-refractivity contribution in [3.05, 3.63) is 48.3 Å². The quantitative estimate of drug-likeness (QED) is 0.803. The summed E-state index contributed by atoms with van der Waals surface area (Å²) in [6, 6.07) is 6.02. The molecule has 0 radical (unpaired) electrons. The molecule has 3 heterocycles. The Balaban J connectivity index is 1.46. The van der Waals surface area contributed by atoms with Crippen LogP contribution >= 0.6 is 0 Å². The van der Waals surface area contributed by atoms with Crippen LogP contribution in [-0.4, -0.2) is 58.1 Å². The monoisotopic (exact) mass is 372 g/mol. The number of hydrogen-bond donors (Lipinski definition) is 0. The van der Waals surface area contributed by atoms with Crippen LogP contribution in [0.1, 0.15) is 23.3 Å². The number of benzene rings is 1. The van der Waals surface area contributed by atoms with Crippen molar-refractivity contribution in [2.75, 3.05) is 31.1 Å². The summed E-state index contributed by atoms with van der Waals surface area (Å²) in [5.74, 6) is -0.658. The summed E-state index contributed by atoms with van der Waals surface area (Å²) in [5, 5.41) is 0. The molecule has 4 rings (SSSR count). The van der Waals surface area contributed by atoms with E-state index in [1.165, 1.54) is 12.1 Å². The first-order valence-corrected chi connectivity index (χ1v) is 8.93. The molecule has 0 atom stereocenters. The summed E-state index contributed by atoms with van der Waals surface area (Å²) in [6.45, 7) is 1.38. The molecular formula is C19H21FN4O3. The molecule has 2 amide bonds. The van der Waals surface area contributed by atoms with Crippen LogP contribution in [0.5, 0.6) is 0 Å². The topological polar surface area (TPSA) is 67.7 Å². The number of rotatable bonds is 2. The van der Waals surface area contributed by atoms with Crippen LogP contribution in [0.3, 0.4) is 0 Å². The van der Waals surface area contributed by atoms with E-state index >= 15 is 0 Å². The average molecular weight is 372 g/mol. The van der Waals surface area contributed by atoms with Crippen LogP contribution < -0.4 is 4.90 Å². The molecule has 1 spiro atoms. The summed E-state index contributed by atoms with van der Waals surface area (Å²) in [4.78, 5) is 32.3. The summed E-state index contributed by atoms with van der Waals surface area (Å²) in [7, 11) is 1.82. The molecule has 8 heteroatoms. The Morgan fingerprint density at radius 1 is 1.30 bits per heavy atom. The van der Waals surface area contributed by atoms with Crippen molar-refractivity contribution >= 4 is 17.5 Å². The number of nitrogens with zero attached hydrogens (tertiary/aromatic N) is 4. The summed E-state index contributed by atoms with van der Waals surface area (Å²) in [5.41, 5.74) is 0.449. The van der Waals surface area contributed by atoms with E-state index in [9.17, 15) is 14.0 Å². The fraction of sp³-hybridized carbons (Fsp3) is 0.421. The number of aryl methyl sites for hydroxylation is 1. The van der Waals surface area contributed by atoms with Crippen LogP contribution in [0.25, 0.3) is 0 Å². The van der Waals surface area contributed by atoms with Crippen LogP contribution in [0.4, 0.5) is 10.1 Å². The zero-order valence-electron chi connectivity index (χ0n) is 15.1. The number of halogens is 1. The van der Waals surface area contributed by atoms with E-state index < -0.39 is 5.60 Å². The largest absolute Gasteiger partial charge is 0.363 e. The van der Waals surface area contributed by atoms with Gasteiger partial charge >= 0.3 is 0 Å². The number of ether oxygens (including phenoxy) is 1. The van der Waals surface area contributed by atoms with Crippen LogP contribution in [-0.2, 0) is 16.6 Å². The van der Waals surface area contributed by atoms with Gasteiger partial charge < -0.3 is 19.1 Å². The molecule has 142 valence electrons. The highest BCUT2D eigenvalue weighted by Gasteiger charge is 2.43. The van der Waals surface area contributed by atoms with Crippen molar-refractivity contribution in [2.45, 2.75) is 18.4 Å². The molecule has 0 aliphatic carbocycles. The van der Waals surface area contributed by atoms with Crippen molar-refractivity contribution in [1.82, 2.24) is 14.5 Å². The molecule has 1 aromatic heterocycles. The lowest BCUT2D eigenvalue weighted by Gasteiger charge is -2.46. The van der Waals surface area contributed by atoms with Gasteiger partial charge in [0, 0.05) is 32.0 Å². The van der Waals surface area contributed by atoms with Gasteiger partial charge in [0.05, 0.1) is 18.5 Å². The Bertz CT molecular complexity index is 873. The molecule has 0 N–H and O–H groups in total. The molecule has 7 nitrogen and oxygen atoms in total. The molecule has 27 heavy (non-hydrogen) atoms. The molecule has 2 saturated heterocycles. The number of likely N-dealkylation sites (tertiary alicyclic amines) is 1. The van der Waals surface area contributed by atoms with Crippen molar-refractivity contribution in [3.8, 4) is 0 Å². The van der Waals surface area contributed by atoms with Crippen molar-refractivity contribution < 1.29 is 18.7 Å². The third kappa shape index (κ3) is 3.44. The van der Waals surface area contributed by atoms with Gasteiger partial charge in [-0.3, -0.25) is 9.59 Å². The number of morpholine rings is 1. The van der Waals surface area contributed by atoms with Gasteiger partial charge in [-0.15, -0.1) is 0 Å². The first-order valence-electron chi connectivity index (χ1n) is 8.93. The molecule has 0 unspecified atom stereocenters. The third-order valence-electron chi connectivity index (χ3n) is 5.25. The van der Waals surface area contributed by atoms with Crippen LogP contribution in [0.2, 0.25) is 0 Å². The number of hydrogen-bond acceptors (Lipinski definition) is 4. The lowest BCUT2D eigenvalue weighted by molar-refractivity contribution is -0.143. The Morgan fingerprint density at radius 3 is 2.74 bits per heavy atom. The SMILES string of the molecule is Cn1cnc(C(=O)N2CCC3(CC2)CN(c2cccc(F)c2)C(=O)CO3)c1. The second kappa shape index (κ2) is 6.77. The highest BCUT2D eigenvalue weighted by atomic mass is 19.1. The van der Waals surface area contributed by atoms with E-state index in [0.29, 0.717) is 43.9 Å². The molecule has 2 fully saturated rings. The number of carbonyl (C=O) groups is 2. The van der Waals surface area contributed by atoms with Gasteiger partial charge in [-0.25, -0.2) is 9.37 Å². The third-order valence-corrected chi connectivity index (χ3v) is 5.25. The van der Waals surface area contributed by atoms with Gasteiger partial charge in [0.1, 0.15) is 18.1 Å². The number of anilines is 1. The van der Waals surface area contributed by atoms with Gasteiger partial charge in [-0.05, 0) is 31.0 Å². The Hall–Kier alpha value is -2.74. The molecule has 0 bridgehead atoms. The minimum absolute atomic E-state index is 0.0370. The molecule has 2 aliphatic heterocycles. The smallest absolute Gasteiger partial charge is 0.274 e. The summed E-state index contributed by atoms with van der Waals surface area (Å²) >= 11 is 0. The second-order valence-corrected chi connectivity index (χ2v) is 7.15. The molecule has 0 saturated carbocycles. The first kappa shape index (κ1) is 17.7. The maximum absolute atomic E-state index is 13.6. The lowest BCUT2D eigenvalue weighted by atomic mass is 9.89. The van der Waals surface area contributed by atoms with E-state index in [2.05, 4.69) is 4.98 Å². The number of imidazole rings is 1. The summed E-state index contributed by atoms with van der Waals surface area (Å²) in [6.07, 6.45) is 4.54. The molecular weight excluding hydrogens is 351 g/mol. The fourth-order valence-electron chi connectivity index (χ4n) is 3.70.